The van der Waals surface area contributed by atoms with E-state index >= 15 is 0 Å². The Morgan fingerprint density at radius 3 is 3.09 bits per heavy atom. The second kappa shape index (κ2) is 6.83. The average Bonchev–Trinajstić information content (AvgIpc) is 3.03. The lowest BCUT2D eigenvalue weighted by Gasteiger charge is -2.33. The molecule has 2 heterocycles. The molecule has 1 amide bonds. The zero-order chi connectivity index (χ0) is 16.2. The molecule has 0 spiro atoms. The molecule has 0 unspecified atom stereocenters. The topological polar surface area (TPSA) is 59.4 Å². The van der Waals surface area contributed by atoms with Crippen LogP contribution in [0.1, 0.15) is 23.7 Å². The standard InChI is InChI=1S/C17H22N4O2/c1-18-17(22)9-15-12-20(11-14-6-7-19-21(14)15)10-13-4-3-5-16(8-13)23-2/h3-8,15H,9-12H2,1-2H3,(H,18,22)/t15-/m0/s1. The summed E-state index contributed by atoms with van der Waals surface area (Å²) >= 11 is 0. The van der Waals surface area contributed by atoms with Gasteiger partial charge in [-0.15, -0.1) is 0 Å². The van der Waals surface area contributed by atoms with Gasteiger partial charge in [0.1, 0.15) is 5.75 Å². The minimum Gasteiger partial charge on any atom is -0.497 e. The van der Waals surface area contributed by atoms with Gasteiger partial charge < -0.3 is 10.1 Å². The molecule has 0 radical (unpaired) electrons. The van der Waals surface area contributed by atoms with Gasteiger partial charge in [-0.2, -0.15) is 5.10 Å². The van der Waals surface area contributed by atoms with Crippen LogP contribution >= 0.6 is 0 Å². The van der Waals surface area contributed by atoms with Gasteiger partial charge in [-0.3, -0.25) is 14.4 Å². The number of hydrogen-bond acceptors (Lipinski definition) is 4. The first-order valence-electron chi connectivity index (χ1n) is 7.78. The average molecular weight is 314 g/mol. The zero-order valence-corrected chi connectivity index (χ0v) is 13.5. The summed E-state index contributed by atoms with van der Waals surface area (Å²) in [5, 5.41) is 7.08. The molecule has 1 aromatic carbocycles. The summed E-state index contributed by atoms with van der Waals surface area (Å²) in [5.41, 5.74) is 2.35. The molecule has 1 aliphatic rings. The van der Waals surface area contributed by atoms with Gasteiger partial charge >= 0.3 is 0 Å². The van der Waals surface area contributed by atoms with Crippen molar-refractivity contribution in [2.45, 2.75) is 25.6 Å². The van der Waals surface area contributed by atoms with Crippen LogP contribution in [0.5, 0.6) is 5.75 Å². The number of amides is 1. The highest BCUT2D eigenvalue weighted by Crippen LogP contribution is 2.25. The molecule has 23 heavy (non-hydrogen) atoms. The van der Waals surface area contributed by atoms with Crippen LogP contribution in [-0.2, 0) is 17.9 Å². The van der Waals surface area contributed by atoms with Crippen molar-refractivity contribution in [1.82, 2.24) is 20.0 Å². The molecule has 0 saturated heterocycles. The van der Waals surface area contributed by atoms with Crippen molar-refractivity contribution < 1.29 is 9.53 Å². The molecule has 1 N–H and O–H groups in total. The number of carbonyl (C=O) groups is 1. The van der Waals surface area contributed by atoms with E-state index in [0.717, 1.165) is 31.1 Å². The van der Waals surface area contributed by atoms with Crippen molar-refractivity contribution in [1.29, 1.82) is 0 Å². The molecular formula is C17H22N4O2. The largest absolute Gasteiger partial charge is 0.497 e. The third-order valence-electron chi connectivity index (χ3n) is 4.19. The van der Waals surface area contributed by atoms with E-state index in [4.69, 9.17) is 4.74 Å². The van der Waals surface area contributed by atoms with E-state index < -0.39 is 0 Å². The van der Waals surface area contributed by atoms with Crippen molar-refractivity contribution in [3.63, 3.8) is 0 Å². The first kappa shape index (κ1) is 15.6. The lowest BCUT2D eigenvalue weighted by molar-refractivity contribution is -0.121. The summed E-state index contributed by atoms with van der Waals surface area (Å²) in [6.45, 7) is 2.47. The third-order valence-corrected chi connectivity index (χ3v) is 4.19. The number of nitrogens with one attached hydrogen (secondary N) is 1. The van der Waals surface area contributed by atoms with Gasteiger partial charge in [0.25, 0.3) is 0 Å². The Labute approximate surface area is 136 Å². The number of rotatable bonds is 5. The predicted octanol–water partition coefficient (Wildman–Crippen LogP) is 1.58. The summed E-state index contributed by atoms with van der Waals surface area (Å²) in [4.78, 5) is 14.1. The van der Waals surface area contributed by atoms with Crippen LogP contribution in [0.3, 0.4) is 0 Å². The van der Waals surface area contributed by atoms with Crippen LogP contribution < -0.4 is 10.1 Å². The van der Waals surface area contributed by atoms with E-state index in [-0.39, 0.29) is 11.9 Å². The molecule has 1 aliphatic heterocycles. The van der Waals surface area contributed by atoms with Crippen molar-refractivity contribution in [2.75, 3.05) is 20.7 Å². The molecule has 6 nitrogen and oxygen atoms in total. The number of hydrogen-bond donors (Lipinski definition) is 1. The Balaban J connectivity index is 1.75. The van der Waals surface area contributed by atoms with Crippen molar-refractivity contribution >= 4 is 5.91 Å². The number of fused-ring (bicyclic) bond motifs is 1. The fraction of sp³-hybridized carbons (Fsp3) is 0.412. The van der Waals surface area contributed by atoms with Crippen LogP contribution in [0.2, 0.25) is 0 Å². The molecule has 2 aromatic rings. The Morgan fingerprint density at radius 1 is 1.43 bits per heavy atom. The van der Waals surface area contributed by atoms with Gasteiger partial charge in [0, 0.05) is 32.9 Å². The normalized spacial score (nSPS) is 17.6. The molecule has 6 heteroatoms. The van der Waals surface area contributed by atoms with Crippen LogP contribution in [0, 0.1) is 0 Å². The molecule has 0 bridgehead atoms. The first-order valence-corrected chi connectivity index (χ1v) is 7.78. The highest BCUT2D eigenvalue weighted by molar-refractivity contribution is 5.76. The summed E-state index contributed by atoms with van der Waals surface area (Å²) in [6.07, 6.45) is 2.25. The van der Waals surface area contributed by atoms with Gasteiger partial charge in [-0.1, -0.05) is 12.1 Å². The first-order chi connectivity index (χ1) is 11.2. The predicted molar refractivity (Wildman–Crippen MR) is 87.1 cm³/mol. The van der Waals surface area contributed by atoms with Crippen molar-refractivity contribution in [3.05, 3.63) is 47.8 Å². The number of methoxy groups -OCH3 is 1. The van der Waals surface area contributed by atoms with Crippen molar-refractivity contribution in [3.8, 4) is 5.75 Å². The fourth-order valence-corrected chi connectivity index (χ4v) is 3.08. The molecule has 0 saturated carbocycles. The Hall–Kier alpha value is -2.34. The smallest absolute Gasteiger partial charge is 0.221 e. The highest BCUT2D eigenvalue weighted by Gasteiger charge is 2.27. The molecule has 1 aromatic heterocycles. The van der Waals surface area contributed by atoms with Gasteiger partial charge in [0.05, 0.1) is 25.3 Å². The van der Waals surface area contributed by atoms with Gasteiger partial charge in [-0.25, -0.2) is 0 Å². The van der Waals surface area contributed by atoms with Crippen LogP contribution in [0.15, 0.2) is 36.5 Å². The Kier molecular flexibility index (Phi) is 4.62. The van der Waals surface area contributed by atoms with E-state index in [1.165, 1.54) is 5.56 Å². The van der Waals surface area contributed by atoms with Crippen molar-refractivity contribution in [2.24, 2.45) is 0 Å². The molecule has 122 valence electrons. The third kappa shape index (κ3) is 3.53. The highest BCUT2D eigenvalue weighted by atomic mass is 16.5. The lowest BCUT2D eigenvalue weighted by atomic mass is 10.1. The van der Waals surface area contributed by atoms with Gasteiger partial charge in [-0.05, 0) is 23.8 Å². The summed E-state index contributed by atoms with van der Waals surface area (Å²) in [6, 6.07) is 10.2. The fourth-order valence-electron chi connectivity index (χ4n) is 3.08. The quantitative estimate of drug-likeness (QED) is 0.910. The lowest BCUT2D eigenvalue weighted by Crippen LogP contribution is -2.39. The van der Waals surface area contributed by atoms with E-state index in [9.17, 15) is 4.79 Å². The summed E-state index contributed by atoms with van der Waals surface area (Å²) < 4.78 is 7.27. The molecular weight excluding hydrogens is 292 g/mol. The molecule has 1 atom stereocenters. The number of ether oxygens (including phenoxy) is 1. The van der Waals surface area contributed by atoms with Crippen LogP contribution in [0.25, 0.3) is 0 Å². The summed E-state index contributed by atoms with van der Waals surface area (Å²) in [5.74, 6) is 0.908. The minimum atomic E-state index is 0.0414. The number of nitrogens with zero attached hydrogens (tertiary/aromatic N) is 3. The van der Waals surface area contributed by atoms with E-state index in [1.54, 1.807) is 20.4 Å². The SMILES string of the molecule is CNC(=O)C[C@H]1CN(Cc2cccc(OC)c2)Cc2ccnn21. The van der Waals surface area contributed by atoms with Gasteiger partial charge in [0.2, 0.25) is 5.91 Å². The monoisotopic (exact) mass is 314 g/mol. The van der Waals surface area contributed by atoms with Crippen LogP contribution in [-0.4, -0.2) is 41.3 Å². The maximum atomic E-state index is 11.8. The molecule has 0 fully saturated rings. The maximum Gasteiger partial charge on any atom is 0.221 e. The second-order valence-corrected chi connectivity index (χ2v) is 5.82. The zero-order valence-electron chi connectivity index (χ0n) is 13.5. The number of benzene rings is 1. The molecule has 0 aliphatic carbocycles. The maximum absolute atomic E-state index is 11.8. The summed E-state index contributed by atoms with van der Waals surface area (Å²) in [7, 11) is 3.35. The van der Waals surface area contributed by atoms with E-state index in [0.29, 0.717) is 6.42 Å². The second-order valence-electron chi connectivity index (χ2n) is 5.82. The van der Waals surface area contributed by atoms with Crippen LogP contribution in [0.4, 0.5) is 0 Å². The Bertz CT molecular complexity index is 683. The number of aromatic nitrogens is 2. The minimum absolute atomic E-state index is 0.0414. The van der Waals surface area contributed by atoms with Gasteiger partial charge in [0.15, 0.2) is 0 Å². The molecule has 3 rings (SSSR count). The number of carbonyl (C=O) groups excluding carboxylic acids is 1. The Morgan fingerprint density at radius 2 is 2.30 bits per heavy atom. The van der Waals surface area contributed by atoms with E-state index in [2.05, 4.69) is 27.4 Å². The van der Waals surface area contributed by atoms with E-state index in [1.807, 2.05) is 22.9 Å².